The third-order valence-electron chi connectivity index (χ3n) is 4.85. The highest BCUT2D eigenvalue weighted by Gasteiger charge is 2.20. The Morgan fingerprint density at radius 1 is 1.12 bits per heavy atom. The van der Waals surface area contributed by atoms with Gasteiger partial charge in [0.1, 0.15) is 17.2 Å². The van der Waals surface area contributed by atoms with Crippen molar-refractivity contribution in [3.63, 3.8) is 0 Å². The maximum Gasteiger partial charge on any atom is 0.140 e. The molecule has 5 heteroatoms. The first kappa shape index (κ1) is 17.6. The van der Waals surface area contributed by atoms with Crippen molar-refractivity contribution in [1.82, 2.24) is 9.38 Å². The number of fused-ring (bicyclic) bond motifs is 1. The maximum atomic E-state index is 6.71. The summed E-state index contributed by atoms with van der Waals surface area (Å²) in [6.45, 7) is 0. The van der Waals surface area contributed by atoms with Crippen LogP contribution in [0.25, 0.3) is 16.8 Å². The quantitative estimate of drug-likeness (QED) is 0.506. The van der Waals surface area contributed by atoms with Crippen LogP contribution in [0.4, 0.5) is 5.82 Å². The van der Waals surface area contributed by atoms with Gasteiger partial charge in [0, 0.05) is 16.7 Å². The number of aromatic nitrogens is 2. The fourth-order valence-electron chi connectivity index (χ4n) is 3.53. The van der Waals surface area contributed by atoms with E-state index in [-0.39, 0.29) is 0 Å². The van der Waals surface area contributed by atoms with E-state index in [0.29, 0.717) is 11.1 Å². The lowest BCUT2D eigenvalue weighted by Gasteiger charge is -2.24. The fraction of sp³-hybridized carbons (Fsp3) is 0.286. The van der Waals surface area contributed by atoms with Crippen LogP contribution in [0.15, 0.2) is 53.1 Å². The van der Waals surface area contributed by atoms with Crippen LogP contribution in [0.1, 0.15) is 43.4 Å². The Labute approximate surface area is 167 Å². The fourth-order valence-corrected chi connectivity index (χ4v) is 4.12. The number of hydrogen-bond donors (Lipinski definition) is 1. The summed E-state index contributed by atoms with van der Waals surface area (Å²) in [5.74, 6) is 0.977. The van der Waals surface area contributed by atoms with Gasteiger partial charge in [0.2, 0.25) is 0 Å². The molecule has 2 aromatic heterocycles. The minimum atomic E-state index is 0.475. The Kier molecular flexibility index (Phi) is 5.32. The molecule has 1 aliphatic carbocycles. The Hall–Kier alpha value is -1.78. The number of halogens is 2. The van der Waals surface area contributed by atoms with Gasteiger partial charge in [0.15, 0.2) is 0 Å². The average molecular weight is 431 g/mol. The summed E-state index contributed by atoms with van der Waals surface area (Å²) in [7, 11) is 0. The van der Waals surface area contributed by atoms with E-state index in [9.17, 15) is 0 Å². The Balaban J connectivity index is 1.77. The van der Waals surface area contributed by atoms with Gasteiger partial charge < -0.3 is 5.32 Å². The zero-order valence-electron chi connectivity index (χ0n) is 14.5. The molecule has 0 bridgehead atoms. The number of hydrogen-bond acceptors (Lipinski definition) is 2. The maximum absolute atomic E-state index is 6.71. The van der Waals surface area contributed by atoms with E-state index in [2.05, 4.69) is 25.6 Å². The summed E-state index contributed by atoms with van der Waals surface area (Å²) in [6.07, 6.45) is 10.3. The van der Waals surface area contributed by atoms with Gasteiger partial charge >= 0.3 is 0 Å². The van der Waals surface area contributed by atoms with Crippen molar-refractivity contribution in [2.45, 2.75) is 38.1 Å². The Bertz CT molecular complexity index is 927. The summed E-state index contributed by atoms with van der Waals surface area (Å²) in [5, 5.41) is 4.37. The number of benzene rings is 1. The molecule has 0 unspecified atom stereocenters. The minimum Gasteiger partial charge on any atom is -0.367 e. The molecule has 0 saturated heterocycles. The van der Waals surface area contributed by atoms with E-state index in [0.717, 1.165) is 27.2 Å². The Morgan fingerprint density at radius 3 is 2.65 bits per heavy atom. The van der Waals surface area contributed by atoms with E-state index in [1.165, 1.54) is 32.1 Å². The molecule has 26 heavy (non-hydrogen) atoms. The lowest BCUT2D eigenvalue weighted by Crippen LogP contribution is -2.23. The molecule has 1 fully saturated rings. The molecule has 134 valence electrons. The summed E-state index contributed by atoms with van der Waals surface area (Å²) in [5.41, 5.74) is 2.76. The molecule has 2 heterocycles. The molecule has 3 nitrogen and oxygen atoms in total. The predicted molar refractivity (Wildman–Crippen MR) is 114 cm³/mol. The summed E-state index contributed by atoms with van der Waals surface area (Å²) < 4.78 is 3.11. The van der Waals surface area contributed by atoms with Crippen molar-refractivity contribution >= 4 is 50.1 Å². The van der Waals surface area contributed by atoms with Gasteiger partial charge in [-0.1, -0.05) is 61.2 Å². The molecule has 4 rings (SSSR count). The van der Waals surface area contributed by atoms with Gasteiger partial charge in [-0.05, 0) is 52.5 Å². The van der Waals surface area contributed by atoms with Gasteiger partial charge in [0.25, 0.3) is 0 Å². The highest BCUT2D eigenvalue weighted by atomic mass is 79.9. The first-order chi connectivity index (χ1) is 12.7. The van der Waals surface area contributed by atoms with Crippen molar-refractivity contribution < 1.29 is 0 Å². The van der Waals surface area contributed by atoms with Crippen LogP contribution in [-0.2, 0) is 0 Å². The lowest BCUT2D eigenvalue weighted by molar-refractivity contribution is 0.461. The van der Waals surface area contributed by atoms with E-state index in [4.69, 9.17) is 16.6 Å². The number of imidazole rings is 1. The average Bonchev–Trinajstić information content (AvgIpc) is 3.01. The molecule has 3 aromatic rings. The van der Waals surface area contributed by atoms with Gasteiger partial charge in [-0.15, -0.1) is 0 Å². The first-order valence-corrected chi connectivity index (χ1v) is 10.2. The number of pyridine rings is 1. The first-order valence-electron chi connectivity index (χ1n) is 9.07. The van der Waals surface area contributed by atoms with Crippen molar-refractivity contribution in [3.8, 4) is 0 Å². The van der Waals surface area contributed by atoms with Crippen LogP contribution in [0.3, 0.4) is 0 Å². The molecule has 1 saturated carbocycles. The monoisotopic (exact) mass is 429 g/mol. The van der Waals surface area contributed by atoms with E-state index < -0.39 is 0 Å². The molecular weight excluding hydrogens is 410 g/mol. The zero-order valence-corrected chi connectivity index (χ0v) is 16.8. The number of anilines is 1. The molecule has 1 N–H and O–H groups in total. The van der Waals surface area contributed by atoms with Gasteiger partial charge in [-0.3, -0.25) is 4.40 Å². The zero-order chi connectivity index (χ0) is 17.9. The molecule has 0 aliphatic heterocycles. The highest BCUT2D eigenvalue weighted by Crippen LogP contribution is 2.32. The lowest BCUT2D eigenvalue weighted by atomic mass is 9.95. The summed E-state index contributed by atoms with van der Waals surface area (Å²) >= 11 is 10.3. The number of rotatable bonds is 4. The van der Waals surface area contributed by atoms with Crippen LogP contribution < -0.4 is 5.32 Å². The third kappa shape index (κ3) is 3.81. The molecule has 0 spiro atoms. The normalized spacial score (nSPS) is 16.2. The molecule has 0 amide bonds. The smallest absolute Gasteiger partial charge is 0.140 e. The highest BCUT2D eigenvalue weighted by molar-refractivity contribution is 9.10. The van der Waals surface area contributed by atoms with E-state index >= 15 is 0 Å². The Morgan fingerprint density at radius 2 is 1.88 bits per heavy atom. The second-order valence-electron chi connectivity index (χ2n) is 6.77. The van der Waals surface area contributed by atoms with Crippen LogP contribution in [0.5, 0.6) is 0 Å². The summed E-state index contributed by atoms with van der Waals surface area (Å²) in [6, 6.07) is 14.6. The topological polar surface area (TPSA) is 29.3 Å². The van der Waals surface area contributed by atoms with Crippen LogP contribution >= 0.6 is 27.5 Å². The van der Waals surface area contributed by atoms with Crippen LogP contribution in [0, 0.1) is 0 Å². The number of nitrogens with one attached hydrogen (secondary N) is 1. The summed E-state index contributed by atoms with van der Waals surface area (Å²) in [4.78, 5) is 4.79. The molecule has 1 aliphatic rings. The second-order valence-corrected chi connectivity index (χ2v) is 8.09. The van der Waals surface area contributed by atoms with E-state index in [1.807, 2.05) is 54.7 Å². The third-order valence-corrected chi connectivity index (χ3v) is 5.60. The van der Waals surface area contributed by atoms with Gasteiger partial charge in [0.05, 0.1) is 5.03 Å². The van der Waals surface area contributed by atoms with Crippen LogP contribution in [-0.4, -0.2) is 15.4 Å². The van der Waals surface area contributed by atoms with Gasteiger partial charge in [-0.2, -0.15) is 0 Å². The molecule has 1 aromatic carbocycles. The standard InChI is InChI=1S/C21H21BrClN3/c22-16-11-12-19-25-20(18(23)13-15-7-3-1-4-8-15)21(26(19)14-16)24-17-9-5-2-6-10-17/h1,3-4,7-8,11-14,17,24H,2,5-6,9-10H2. The largest absolute Gasteiger partial charge is 0.367 e. The van der Waals surface area contributed by atoms with Gasteiger partial charge in [-0.25, -0.2) is 4.98 Å². The molecule has 0 atom stereocenters. The molecular formula is C21H21BrClN3. The molecule has 0 radical (unpaired) electrons. The van der Waals surface area contributed by atoms with E-state index in [1.54, 1.807) is 0 Å². The SMILES string of the molecule is ClC(=Cc1ccccc1)c1nc2ccc(Br)cn2c1NC1CCCCC1. The predicted octanol–water partition coefficient (Wildman–Crippen LogP) is 6.58. The van der Waals surface area contributed by atoms with Crippen molar-refractivity contribution in [1.29, 1.82) is 0 Å². The van der Waals surface area contributed by atoms with Crippen LogP contribution in [0.2, 0.25) is 0 Å². The number of nitrogens with zero attached hydrogens (tertiary/aromatic N) is 2. The second kappa shape index (κ2) is 7.85. The van der Waals surface area contributed by atoms with Crippen molar-refractivity contribution in [3.05, 3.63) is 64.4 Å². The van der Waals surface area contributed by atoms with Crippen molar-refractivity contribution in [2.75, 3.05) is 5.32 Å². The van der Waals surface area contributed by atoms with Crippen molar-refractivity contribution in [2.24, 2.45) is 0 Å². The minimum absolute atomic E-state index is 0.475.